The number of rotatable bonds is 5. The maximum Gasteiger partial charge on any atom is 0.265 e. The highest BCUT2D eigenvalue weighted by atomic mass is 35.5. The zero-order valence-corrected chi connectivity index (χ0v) is 16.7. The fraction of sp³-hybridized carbons (Fsp3) is 0.316. The molecule has 1 aliphatic heterocycles. The van der Waals surface area contributed by atoms with Gasteiger partial charge in [0.05, 0.1) is 7.11 Å². The molecule has 27 heavy (non-hydrogen) atoms. The van der Waals surface area contributed by atoms with Crippen molar-refractivity contribution >= 4 is 38.9 Å². The summed E-state index contributed by atoms with van der Waals surface area (Å²) in [6.45, 7) is 2.52. The van der Waals surface area contributed by atoms with Crippen LogP contribution < -0.4 is 14.4 Å². The van der Waals surface area contributed by atoms with E-state index in [-0.39, 0.29) is 16.6 Å². The first-order valence-corrected chi connectivity index (χ1v) is 10.5. The number of fused-ring (bicyclic) bond motifs is 1. The van der Waals surface area contributed by atoms with Crippen LogP contribution in [0.25, 0.3) is 0 Å². The van der Waals surface area contributed by atoms with E-state index in [1.165, 1.54) is 19.2 Å². The third-order valence-electron chi connectivity index (χ3n) is 4.47. The van der Waals surface area contributed by atoms with Gasteiger partial charge in [-0.25, -0.2) is 8.42 Å². The number of sulfonamides is 1. The molecule has 0 bridgehead atoms. The lowest BCUT2D eigenvalue weighted by molar-refractivity contribution is -0.118. The van der Waals surface area contributed by atoms with Gasteiger partial charge in [-0.2, -0.15) is 0 Å². The van der Waals surface area contributed by atoms with Gasteiger partial charge < -0.3 is 9.64 Å². The number of nitrogens with one attached hydrogen (secondary N) is 1. The quantitative estimate of drug-likeness (QED) is 0.815. The summed E-state index contributed by atoms with van der Waals surface area (Å²) in [5, 5.41) is 0.301. The van der Waals surface area contributed by atoms with E-state index in [4.69, 9.17) is 16.3 Å². The molecule has 0 saturated heterocycles. The summed E-state index contributed by atoms with van der Waals surface area (Å²) in [7, 11) is -2.48. The highest BCUT2D eigenvalue weighted by molar-refractivity contribution is 7.92. The minimum atomic E-state index is -3.88. The first-order chi connectivity index (χ1) is 12.9. The first kappa shape index (κ1) is 19.5. The van der Waals surface area contributed by atoms with Crippen molar-refractivity contribution in [3.63, 3.8) is 0 Å². The molecule has 0 radical (unpaired) electrons. The van der Waals surface area contributed by atoms with Gasteiger partial charge in [0, 0.05) is 29.4 Å². The predicted molar refractivity (Wildman–Crippen MR) is 106 cm³/mol. The number of benzene rings is 2. The average molecular weight is 409 g/mol. The molecule has 2 aromatic rings. The van der Waals surface area contributed by atoms with Crippen LogP contribution in [0.2, 0.25) is 5.02 Å². The minimum absolute atomic E-state index is 0.0296. The number of amides is 1. The molecule has 0 spiro atoms. The van der Waals surface area contributed by atoms with Gasteiger partial charge in [-0.3, -0.25) is 9.52 Å². The lowest BCUT2D eigenvalue weighted by Crippen LogP contribution is -2.34. The Hall–Kier alpha value is -2.25. The Balaban J connectivity index is 1.93. The SMILES string of the molecule is CCC(=O)N1CCCc2cc(NS(=O)(=O)c3cc(Cl)ccc3OC)ccc21. The van der Waals surface area contributed by atoms with Crippen LogP contribution in [0, 0.1) is 0 Å². The van der Waals surface area contributed by atoms with E-state index >= 15 is 0 Å². The van der Waals surface area contributed by atoms with Crippen molar-refractivity contribution in [3.8, 4) is 5.75 Å². The maximum absolute atomic E-state index is 12.8. The highest BCUT2D eigenvalue weighted by Crippen LogP contribution is 2.32. The van der Waals surface area contributed by atoms with E-state index in [1.54, 1.807) is 29.2 Å². The Morgan fingerprint density at radius 3 is 2.74 bits per heavy atom. The Morgan fingerprint density at radius 1 is 1.26 bits per heavy atom. The van der Waals surface area contributed by atoms with Crippen LogP contribution in [0.1, 0.15) is 25.3 Å². The number of anilines is 2. The van der Waals surface area contributed by atoms with Gasteiger partial charge >= 0.3 is 0 Å². The van der Waals surface area contributed by atoms with Crippen LogP contribution in [0.3, 0.4) is 0 Å². The van der Waals surface area contributed by atoms with Crippen molar-refractivity contribution in [1.82, 2.24) is 0 Å². The number of hydrogen-bond acceptors (Lipinski definition) is 4. The van der Waals surface area contributed by atoms with E-state index in [1.807, 2.05) is 6.92 Å². The lowest BCUT2D eigenvalue weighted by Gasteiger charge is -2.29. The molecule has 0 atom stereocenters. The number of methoxy groups -OCH3 is 1. The number of carbonyl (C=O) groups excluding carboxylic acids is 1. The van der Waals surface area contributed by atoms with E-state index < -0.39 is 10.0 Å². The Labute approximate surface area is 164 Å². The number of carbonyl (C=O) groups is 1. The fourth-order valence-electron chi connectivity index (χ4n) is 3.18. The zero-order valence-electron chi connectivity index (χ0n) is 15.2. The van der Waals surface area contributed by atoms with Crippen molar-refractivity contribution in [1.29, 1.82) is 0 Å². The summed E-state index contributed by atoms with van der Waals surface area (Å²) in [5.41, 5.74) is 2.22. The molecule has 0 aliphatic carbocycles. The summed E-state index contributed by atoms with van der Waals surface area (Å²) in [6.07, 6.45) is 2.07. The first-order valence-electron chi connectivity index (χ1n) is 8.65. The van der Waals surface area contributed by atoms with Gasteiger partial charge in [0.25, 0.3) is 10.0 Å². The topological polar surface area (TPSA) is 75.7 Å². The molecule has 1 aliphatic rings. The number of halogens is 1. The van der Waals surface area contributed by atoms with Crippen molar-refractivity contribution in [3.05, 3.63) is 47.0 Å². The largest absolute Gasteiger partial charge is 0.495 e. The zero-order chi connectivity index (χ0) is 19.6. The highest BCUT2D eigenvalue weighted by Gasteiger charge is 2.24. The third kappa shape index (κ3) is 4.04. The molecule has 6 nitrogen and oxygen atoms in total. The van der Waals surface area contributed by atoms with Crippen LogP contribution >= 0.6 is 11.6 Å². The fourth-order valence-corrected chi connectivity index (χ4v) is 4.66. The van der Waals surface area contributed by atoms with Crippen molar-refractivity contribution in [2.45, 2.75) is 31.1 Å². The standard InChI is InChI=1S/C19H21ClN2O4S/c1-3-19(23)22-10-4-5-13-11-15(7-8-16(13)22)21-27(24,25)18-12-14(20)6-9-17(18)26-2/h6-9,11-12,21H,3-5,10H2,1-2H3. The molecule has 0 saturated carbocycles. The second kappa shape index (κ2) is 7.78. The van der Waals surface area contributed by atoms with Crippen molar-refractivity contribution < 1.29 is 17.9 Å². The molecule has 144 valence electrons. The molecular weight excluding hydrogens is 388 g/mol. The van der Waals surface area contributed by atoms with E-state index in [0.29, 0.717) is 23.7 Å². The third-order valence-corrected chi connectivity index (χ3v) is 6.11. The van der Waals surface area contributed by atoms with Crippen LogP contribution in [0.5, 0.6) is 5.75 Å². The molecular formula is C19H21ClN2O4S. The minimum Gasteiger partial charge on any atom is -0.495 e. The Bertz CT molecular complexity index is 976. The molecule has 0 fully saturated rings. The second-order valence-electron chi connectivity index (χ2n) is 6.25. The molecule has 8 heteroatoms. The van der Waals surface area contributed by atoms with Crippen LogP contribution in [-0.4, -0.2) is 28.0 Å². The van der Waals surface area contributed by atoms with E-state index in [0.717, 1.165) is 24.1 Å². The Kier molecular flexibility index (Phi) is 5.62. The lowest BCUT2D eigenvalue weighted by atomic mass is 10.0. The second-order valence-corrected chi connectivity index (χ2v) is 8.33. The summed E-state index contributed by atoms with van der Waals surface area (Å²) >= 11 is 5.95. The van der Waals surface area contributed by atoms with E-state index in [2.05, 4.69) is 4.72 Å². The number of ether oxygens (including phenoxy) is 1. The summed E-state index contributed by atoms with van der Waals surface area (Å²) < 4.78 is 33.3. The van der Waals surface area contributed by atoms with Crippen molar-refractivity contribution in [2.75, 3.05) is 23.3 Å². The molecule has 2 aromatic carbocycles. The predicted octanol–water partition coefficient (Wildman–Crippen LogP) is 3.84. The molecule has 0 aromatic heterocycles. The molecule has 1 N–H and O–H groups in total. The van der Waals surface area contributed by atoms with Crippen LogP contribution in [0.4, 0.5) is 11.4 Å². The number of hydrogen-bond donors (Lipinski definition) is 1. The van der Waals surface area contributed by atoms with Gasteiger partial charge in [-0.05, 0) is 54.8 Å². The molecule has 1 heterocycles. The molecule has 1 amide bonds. The van der Waals surface area contributed by atoms with E-state index in [9.17, 15) is 13.2 Å². The van der Waals surface area contributed by atoms with Crippen molar-refractivity contribution in [2.24, 2.45) is 0 Å². The van der Waals surface area contributed by atoms with Gasteiger partial charge in [-0.15, -0.1) is 0 Å². The average Bonchev–Trinajstić information content (AvgIpc) is 2.66. The van der Waals surface area contributed by atoms with Crippen LogP contribution in [0.15, 0.2) is 41.3 Å². The Morgan fingerprint density at radius 2 is 2.04 bits per heavy atom. The monoisotopic (exact) mass is 408 g/mol. The van der Waals surface area contributed by atoms with Gasteiger partial charge in [0.1, 0.15) is 10.6 Å². The summed E-state index contributed by atoms with van der Waals surface area (Å²) in [6, 6.07) is 9.65. The van der Waals surface area contributed by atoms with Gasteiger partial charge in [0.2, 0.25) is 5.91 Å². The van der Waals surface area contributed by atoms with Gasteiger partial charge in [0.15, 0.2) is 0 Å². The summed E-state index contributed by atoms with van der Waals surface area (Å²) in [4.78, 5) is 13.9. The summed E-state index contributed by atoms with van der Waals surface area (Å²) in [5.74, 6) is 0.275. The normalized spacial score (nSPS) is 13.8. The maximum atomic E-state index is 12.8. The van der Waals surface area contributed by atoms with Gasteiger partial charge in [-0.1, -0.05) is 18.5 Å². The number of aryl methyl sites for hydroxylation is 1. The smallest absolute Gasteiger partial charge is 0.265 e. The molecule has 3 rings (SSSR count). The number of nitrogens with zero attached hydrogens (tertiary/aromatic N) is 1. The van der Waals surface area contributed by atoms with Crippen LogP contribution in [-0.2, 0) is 21.2 Å². The molecule has 0 unspecified atom stereocenters.